The number of nitrogens with zero attached hydrogens (tertiary/aromatic N) is 1. The number of benzene rings is 1. The van der Waals surface area contributed by atoms with E-state index in [1.807, 2.05) is 12.1 Å². The molecule has 96 valence electrons. The van der Waals surface area contributed by atoms with Gasteiger partial charge in [0.25, 0.3) is 0 Å². The molecule has 0 spiro atoms. The Morgan fingerprint density at radius 1 is 1.29 bits per heavy atom. The van der Waals surface area contributed by atoms with Crippen LogP contribution >= 0.6 is 36.4 Å². The number of likely N-dealkylation sites (tertiary alicyclic amines) is 1. The highest BCUT2D eigenvalue weighted by molar-refractivity contribution is 6.30. The molecular formula is C12H17Cl3N2. The van der Waals surface area contributed by atoms with Crippen LogP contribution in [0.3, 0.4) is 0 Å². The molecule has 1 aliphatic heterocycles. The lowest BCUT2D eigenvalue weighted by atomic mass is 10.2. The fraction of sp³-hybridized carbons (Fsp3) is 0.500. The van der Waals surface area contributed by atoms with Gasteiger partial charge in [0.15, 0.2) is 0 Å². The van der Waals surface area contributed by atoms with E-state index in [0.29, 0.717) is 0 Å². The molecule has 2 unspecified atom stereocenters. The third-order valence-electron chi connectivity index (χ3n) is 3.60. The van der Waals surface area contributed by atoms with Crippen molar-refractivity contribution in [2.75, 3.05) is 13.1 Å². The molecule has 5 heteroatoms. The summed E-state index contributed by atoms with van der Waals surface area (Å²) in [5.41, 5.74) is 7.64. The van der Waals surface area contributed by atoms with Crippen molar-refractivity contribution in [1.29, 1.82) is 0 Å². The molecule has 1 saturated heterocycles. The van der Waals surface area contributed by atoms with Crippen LogP contribution in [-0.2, 0) is 6.54 Å². The molecule has 1 aromatic carbocycles. The molecule has 1 heterocycles. The first-order valence-corrected chi connectivity index (χ1v) is 5.79. The maximum atomic E-state index is 6.16. The van der Waals surface area contributed by atoms with Gasteiger partial charge in [-0.1, -0.05) is 23.7 Å². The van der Waals surface area contributed by atoms with Crippen molar-refractivity contribution in [1.82, 2.24) is 4.90 Å². The van der Waals surface area contributed by atoms with Crippen LogP contribution in [0.2, 0.25) is 5.02 Å². The Labute approximate surface area is 119 Å². The number of hydrogen-bond acceptors (Lipinski definition) is 2. The second-order valence-corrected chi connectivity index (χ2v) is 5.37. The van der Waals surface area contributed by atoms with E-state index < -0.39 is 0 Å². The van der Waals surface area contributed by atoms with Gasteiger partial charge in [-0.2, -0.15) is 0 Å². The van der Waals surface area contributed by atoms with Gasteiger partial charge < -0.3 is 5.73 Å². The zero-order chi connectivity index (χ0) is 10.5. The molecule has 1 aliphatic carbocycles. The molecule has 0 radical (unpaired) electrons. The van der Waals surface area contributed by atoms with E-state index in [1.165, 1.54) is 18.5 Å². The second kappa shape index (κ2) is 5.33. The van der Waals surface area contributed by atoms with Gasteiger partial charge in [0.1, 0.15) is 0 Å². The van der Waals surface area contributed by atoms with Crippen molar-refractivity contribution >= 4 is 36.4 Å². The lowest BCUT2D eigenvalue weighted by molar-refractivity contribution is 0.291. The molecule has 17 heavy (non-hydrogen) atoms. The summed E-state index contributed by atoms with van der Waals surface area (Å²) in [4.78, 5) is 2.44. The van der Waals surface area contributed by atoms with Gasteiger partial charge in [0.2, 0.25) is 0 Å². The summed E-state index contributed by atoms with van der Waals surface area (Å²) in [5.74, 6) is 0.754. The van der Waals surface area contributed by atoms with Gasteiger partial charge in [-0.15, -0.1) is 24.8 Å². The predicted octanol–water partition coefficient (Wildman–Crippen LogP) is 2.72. The van der Waals surface area contributed by atoms with Crippen molar-refractivity contribution in [2.24, 2.45) is 11.7 Å². The lowest BCUT2D eigenvalue weighted by Crippen LogP contribution is -2.32. The average Bonchev–Trinajstić information content (AvgIpc) is 2.70. The molecule has 1 aromatic rings. The zero-order valence-corrected chi connectivity index (χ0v) is 11.8. The molecule has 0 aromatic heterocycles. The Morgan fingerprint density at radius 2 is 1.94 bits per heavy atom. The third-order valence-corrected chi connectivity index (χ3v) is 3.85. The van der Waals surface area contributed by atoms with Crippen LogP contribution in [0.4, 0.5) is 0 Å². The first-order valence-electron chi connectivity index (χ1n) is 5.41. The number of piperidine rings is 1. The van der Waals surface area contributed by atoms with Crippen molar-refractivity contribution in [2.45, 2.75) is 18.5 Å². The number of rotatable bonds is 2. The summed E-state index contributed by atoms with van der Waals surface area (Å²) in [5, 5.41) is 0.804. The molecule has 3 rings (SSSR count). The Bertz CT molecular complexity index is 382. The van der Waals surface area contributed by atoms with Crippen molar-refractivity contribution < 1.29 is 0 Å². The summed E-state index contributed by atoms with van der Waals surface area (Å²) < 4.78 is 0. The summed E-state index contributed by atoms with van der Waals surface area (Å²) in [6, 6.07) is 8.09. The van der Waals surface area contributed by atoms with E-state index >= 15 is 0 Å². The highest BCUT2D eigenvalue weighted by Gasteiger charge is 2.56. The maximum Gasteiger partial charge on any atom is 0.0406 e. The highest BCUT2D eigenvalue weighted by atomic mass is 35.5. The van der Waals surface area contributed by atoms with Crippen molar-refractivity contribution in [3.8, 4) is 0 Å². The Hall–Kier alpha value is 0.01000. The minimum atomic E-state index is 0. The number of hydrogen-bond donors (Lipinski definition) is 1. The molecule has 2 N–H and O–H groups in total. The molecule has 0 bridgehead atoms. The Kier molecular flexibility index (Phi) is 4.73. The SMILES string of the molecule is Cl.Cl.NC12CC1CN(Cc1ccc(Cl)cc1)C2. The quantitative estimate of drug-likeness (QED) is 0.909. The molecule has 0 amide bonds. The van der Waals surface area contributed by atoms with Crippen LogP contribution in [-0.4, -0.2) is 23.5 Å². The summed E-state index contributed by atoms with van der Waals surface area (Å²) in [6.07, 6.45) is 1.23. The van der Waals surface area contributed by atoms with Gasteiger partial charge in [-0.05, 0) is 30.0 Å². The standard InChI is InChI=1S/C12H15ClN2.2ClH/c13-11-3-1-9(2-4-11)6-15-7-10-5-12(10,14)8-15;;/h1-4,10H,5-8,14H2;2*1H. The predicted molar refractivity (Wildman–Crippen MR) is 76.3 cm³/mol. The van der Waals surface area contributed by atoms with Gasteiger partial charge in [0.05, 0.1) is 0 Å². The Balaban J connectivity index is 0.000000722. The minimum Gasteiger partial charge on any atom is -0.324 e. The van der Waals surface area contributed by atoms with Crippen LogP contribution in [0.15, 0.2) is 24.3 Å². The van der Waals surface area contributed by atoms with Gasteiger partial charge in [0, 0.05) is 30.2 Å². The van der Waals surface area contributed by atoms with E-state index in [2.05, 4.69) is 17.0 Å². The van der Waals surface area contributed by atoms with Crippen LogP contribution in [0, 0.1) is 5.92 Å². The Morgan fingerprint density at radius 3 is 2.47 bits per heavy atom. The summed E-state index contributed by atoms with van der Waals surface area (Å²) >= 11 is 5.85. The van der Waals surface area contributed by atoms with E-state index in [0.717, 1.165) is 24.0 Å². The maximum absolute atomic E-state index is 6.16. The average molecular weight is 296 g/mol. The third kappa shape index (κ3) is 3.07. The minimum absolute atomic E-state index is 0. The topological polar surface area (TPSA) is 29.3 Å². The normalized spacial score (nSPS) is 30.1. The smallest absolute Gasteiger partial charge is 0.0406 e. The molecule has 2 fully saturated rings. The van der Waals surface area contributed by atoms with Crippen LogP contribution in [0.25, 0.3) is 0 Å². The highest BCUT2D eigenvalue weighted by Crippen LogP contribution is 2.47. The van der Waals surface area contributed by atoms with Crippen LogP contribution in [0.5, 0.6) is 0 Å². The molecule has 2 aliphatic rings. The van der Waals surface area contributed by atoms with E-state index in [-0.39, 0.29) is 30.4 Å². The summed E-state index contributed by atoms with van der Waals surface area (Å²) in [7, 11) is 0. The number of nitrogens with two attached hydrogens (primary N) is 1. The molecule has 2 atom stereocenters. The van der Waals surface area contributed by atoms with Crippen molar-refractivity contribution in [3.05, 3.63) is 34.9 Å². The van der Waals surface area contributed by atoms with E-state index in [9.17, 15) is 0 Å². The van der Waals surface area contributed by atoms with E-state index in [1.54, 1.807) is 0 Å². The summed E-state index contributed by atoms with van der Waals surface area (Å²) in [6.45, 7) is 3.23. The molecule has 1 saturated carbocycles. The largest absolute Gasteiger partial charge is 0.324 e. The van der Waals surface area contributed by atoms with Gasteiger partial charge in [-0.3, -0.25) is 4.90 Å². The first kappa shape index (κ1) is 15.1. The fourth-order valence-electron chi connectivity index (χ4n) is 2.60. The fourth-order valence-corrected chi connectivity index (χ4v) is 2.73. The zero-order valence-electron chi connectivity index (χ0n) is 9.43. The monoisotopic (exact) mass is 294 g/mol. The van der Waals surface area contributed by atoms with Crippen molar-refractivity contribution in [3.63, 3.8) is 0 Å². The van der Waals surface area contributed by atoms with Crippen LogP contribution < -0.4 is 5.73 Å². The second-order valence-electron chi connectivity index (χ2n) is 4.93. The molecular weight excluding hydrogens is 279 g/mol. The first-order chi connectivity index (χ1) is 7.16. The molecule has 2 nitrogen and oxygen atoms in total. The van der Waals surface area contributed by atoms with Crippen LogP contribution in [0.1, 0.15) is 12.0 Å². The number of fused-ring (bicyclic) bond motifs is 1. The lowest BCUT2D eigenvalue weighted by Gasteiger charge is -2.18. The number of halogens is 3. The van der Waals surface area contributed by atoms with E-state index in [4.69, 9.17) is 17.3 Å². The van der Waals surface area contributed by atoms with Gasteiger partial charge >= 0.3 is 0 Å². The van der Waals surface area contributed by atoms with Gasteiger partial charge in [-0.25, -0.2) is 0 Å².